The van der Waals surface area contributed by atoms with Crippen LogP contribution in [-0.4, -0.2) is 21.5 Å². The van der Waals surface area contributed by atoms with Crippen molar-refractivity contribution in [3.05, 3.63) is 71.8 Å². The first kappa shape index (κ1) is 18.8. The number of rotatable bonds is 4. The van der Waals surface area contributed by atoms with Crippen LogP contribution in [0.4, 0.5) is 5.69 Å². The summed E-state index contributed by atoms with van der Waals surface area (Å²) < 4.78 is 44.7. The van der Waals surface area contributed by atoms with Gasteiger partial charge in [-0.25, -0.2) is 13.2 Å². The fourth-order valence-electron chi connectivity index (χ4n) is 2.86. The Morgan fingerprint density at radius 1 is 0.931 bits per heavy atom. The molecule has 0 fully saturated rings. The van der Waals surface area contributed by atoms with E-state index in [1.807, 2.05) is 6.92 Å². The lowest BCUT2D eigenvalue weighted by Gasteiger charge is -2.23. The minimum Gasteiger partial charge on any atom is -0.465 e. The van der Waals surface area contributed by atoms with E-state index in [9.17, 15) is 13.2 Å². The predicted molar refractivity (Wildman–Crippen MR) is 106 cm³/mol. The molecule has 0 amide bonds. The largest absolute Gasteiger partial charge is 0.465 e. The van der Waals surface area contributed by atoms with Crippen LogP contribution in [0.3, 0.4) is 0 Å². The van der Waals surface area contributed by atoms with Crippen LogP contribution in [0.25, 0.3) is 0 Å². The molecule has 0 saturated heterocycles. The van der Waals surface area contributed by atoms with Crippen LogP contribution in [0.5, 0.6) is 23.0 Å². The molecule has 1 heterocycles. The zero-order valence-electron chi connectivity index (χ0n) is 15.6. The van der Waals surface area contributed by atoms with Crippen LogP contribution >= 0.6 is 0 Å². The van der Waals surface area contributed by atoms with E-state index in [2.05, 4.69) is 4.72 Å². The molecule has 148 valence electrons. The average Bonchev–Trinajstić information content (AvgIpc) is 2.71. The summed E-state index contributed by atoms with van der Waals surface area (Å²) in [6.07, 6.45) is 0. The zero-order valence-corrected chi connectivity index (χ0v) is 16.4. The number of esters is 1. The van der Waals surface area contributed by atoms with Gasteiger partial charge in [-0.15, -0.1) is 0 Å². The summed E-state index contributed by atoms with van der Waals surface area (Å²) in [4.78, 5) is 12.2. The van der Waals surface area contributed by atoms with E-state index in [0.717, 1.165) is 5.56 Å². The number of para-hydroxylation sites is 2. The maximum atomic E-state index is 12.9. The molecule has 1 N–H and O–H groups in total. The molecule has 3 aromatic rings. The zero-order chi connectivity index (χ0) is 20.6. The number of hydrogen-bond acceptors (Lipinski definition) is 6. The highest BCUT2D eigenvalue weighted by atomic mass is 32.2. The third-order valence-electron chi connectivity index (χ3n) is 4.33. The molecule has 0 unspecified atom stereocenters. The number of aryl methyl sites for hydroxylation is 1. The summed E-state index contributed by atoms with van der Waals surface area (Å²) in [5, 5.41) is 0. The van der Waals surface area contributed by atoms with Gasteiger partial charge in [-0.3, -0.25) is 4.72 Å². The van der Waals surface area contributed by atoms with Crippen LogP contribution in [0.1, 0.15) is 15.9 Å². The van der Waals surface area contributed by atoms with Crippen molar-refractivity contribution in [2.45, 2.75) is 11.8 Å². The molecule has 8 heteroatoms. The number of benzene rings is 3. The van der Waals surface area contributed by atoms with Gasteiger partial charge in [0.1, 0.15) is 0 Å². The van der Waals surface area contributed by atoms with Gasteiger partial charge in [-0.1, -0.05) is 29.8 Å². The molecule has 0 aromatic heterocycles. The fraction of sp³-hybridized carbons (Fsp3) is 0.0952. The van der Waals surface area contributed by atoms with Crippen LogP contribution in [-0.2, 0) is 14.8 Å². The third-order valence-corrected chi connectivity index (χ3v) is 5.71. The van der Waals surface area contributed by atoms with E-state index < -0.39 is 16.0 Å². The smallest absolute Gasteiger partial charge is 0.338 e. The Hall–Kier alpha value is -3.52. The van der Waals surface area contributed by atoms with E-state index in [0.29, 0.717) is 11.5 Å². The number of hydrogen-bond donors (Lipinski definition) is 1. The normalized spacial score (nSPS) is 12.1. The van der Waals surface area contributed by atoms with Gasteiger partial charge in [0.05, 0.1) is 23.3 Å². The third kappa shape index (κ3) is 3.62. The standard InChI is InChI=1S/C21H17NO6S/c1-13-7-9-15(10-8-13)29(24,25)22-16-11-14(21(23)26-2)12-19-20(16)28-18-6-4-3-5-17(18)27-19/h3-12,22H,1-2H3. The number of nitrogens with one attached hydrogen (secondary N) is 1. The van der Waals surface area contributed by atoms with Gasteiger partial charge >= 0.3 is 5.97 Å². The molecule has 29 heavy (non-hydrogen) atoms. The Balaban J connectivity index is 1.80. The first-order chi connectivity index (χ1) is 13.9. The molecule has 0 saturated carbocycles. The van der Waals surface area contributed by atoms with Crippen LogP contribution in [0, 0.1) is 6.92 Å². The number of carbonyl (C=O) groups excluding carboxylic acids is 1. The summed E-state index contributed by atoms with van der Waals surface area (Å²) in [5.41, 5.74) is 1.12. The van der Waals surface area contributed by atoms with Crippen LogP contribution in [0.15, 0.2) is 65.6 Å². The molecule has 0 spiro atoms. The van der Waals surface area contributed by atoms with Crippen LogP contribution in [0.2, 0.25) is 0 Å². The molecule has 3 aromatic carbocycles. The summed E-state index contributed by atoms with van der Waals surface area (Å²) in [7, 11) is -2.69. The lowest BCUT2D eigenvalue weighted by molar-refractivity contribution is 0.0600. The van der Waals surface area contributed by atoms with E-state index in [1.165, 1.54) is 31.4 Å². The molecule has 0 radical (unpaired) electrons. The molecular formula is C21H17NO6S. The van der Waals surface area contributed by atoms with Crippen molar-refractivity contribution >= 4 is 21.7 Å². The lowest BCUT2D eigenvalue weighted by Crippen LogP contribution is -2.15. The van der Waals surface area contributed by atoms with Crippen molar-refractivity contribution in [2.24, 2.45) is 0 Å². The Morgan fingerprint density at radius 3 is 2.24 bits per heavy atom. The number of ether oxygens (including phenoxy) is 3. The highest BCUT2D eigenvalue weighted by Crippen LogP contribution is 2.49. The SMILES string of the molecule is COC(=O)c1cc(NS(=O)(=O)c2ccc(C)cc2)c2c(c1)Oc1ccccc1O2. The van der Waals surface area contributed by atoms with E-state index in [4.69, 9.17) is 14.2 Å². The van der Waals surface area contributed by atoms with Gasteiger partial charge in [0.15, 0.2) is 23.0 Å². The number of methoxy groups -OCH3 is 1. The maximum absolute atomic E-state index is 12.9. The van der Waals surface area contributed by atoms with E-state index >= 15 is 0 Å². The van der Waals surface area contributed by atoms with E-state index in [-0.39, 0.29) is 27.6 Å². The fourth-order valence-corrected chi connectivity index (χ4v) is 3.92. The van der Waals surface area contributed by atoms with Gasteiger partial charge in [-0.05, 0) is 43.3 Å². The Labute approximate surface area is 167 Å². The quantitative estimate of drug-likeness (QED) is 0.498. The molecule has 4 rings (SSSR count). The van der Waals surface area contributed by atoms with Crippen molar-refractivity contribution < 1.29 is 27.4 Å². The van der Waals surface area contributed by atoms with Gasteiger partial charge in [-0.2, -0.15) is 0 Å². The van der Waals surface area contributed by atoms with E-state index in [1.54, 1.807) is 36.4 Å². The van der Waals surface area contributed by atoms with Crippen LogP contribution < -0.4 is 14.2 Å². The van der Waals surface area contributed by atoms with Gasteiger partial charge in [0.2, 0.25) is 0 Å². The predicted octanol–water partition coefficient (Wildman–Crippen LogP) is 4.48. The topological polar surface area (TPSA) is 90.9 Å². The molecular weight excluding hydrogens is 394 g/mol. The summed E-state index contributed by atoms with van der Waals surface area (Å²) >= 11 is 0. The molecule has 0 aliphatic carbocycles. The monoisotopic (exact) mass is 411 g/mol. The average molecular weight is 411 g/mol. The molecule has 1 aliphatic heterocycles. The molecule has 0 bridgehead atoms. The molecule has 7 nitrogen and oxygen atoms in total. The number of anilines is 1. The Morgan fingerprint density at radius 2 is 1.59 bits per heavy atom. The van der Waals surface area contributed by atoms with Crippen molar-refractivity contribution in [1.29, 1.82) is 0 Å². The van der Waals surface area contributed by atoms with Gasteiger partial charge in [0.25, 0.3) is 10.0 Å². The number of fused-ring (bicyclic) bond motifs is 2. The minimum absolute atomic E-state index is 0.0676. The summed E-state index contributed by atoms with van der Waals surface area (Å²) in [5.74, 6) is 0.613. The molecule has 0 atom stereocenters. The number of sulfonamides is 1. The second-order valence-electron chi connectivity index (χ2n) is 6.41. The maximum Gasteiger partial charge on any atom is 0.338 e. The van der Waals surface area contributed by atoms with Crippen molar-refractivity contribution in [3.63, 3.8) is 0 Å². The van der Waals surface area contributed by atoms with Crippen molar-refractivity contribution in [2.75, 3.05) is 11.8 Å². The first-order valence-corrected chi connectivity index (χ1v) is 10.2. The Bertz CT molecular complexity index is 1200. The number of carbonyl (C=O) groups is 1. The summed E-state index contributed by atoms with van der Waals surface area (Å²) in [6.45, 7) is 1.86. The summed E-state index contributed by atoms with van der Waals surface area (Å²) in [6, 6.07) is 16.2. The van der Waals surface area contributed by atoms with Crippen molar-refractivity contribution in [3.8, 4) is 23.0 Å². The Kier molecular flexibility index (Phi) is 4.63. The van der Waals surface area contributed by atoms with Gasteiger partial charge in [0, 0.05) is 0 Å². The van der Waals surface area contributed by atoms with Gasteiger partial charge < -0.3 is 14.2 Å². The van der Waals surface area contributed by atoms with Crippen molar-refractivity contribution in [1.82, 2.24) is 0 Å². The minimum atomic E-state index is -3.93. The highest BCUT2D eigenvalue weighted by Gasteiger charge is 2.27. The lowest BCUT2D eigenvalue weighted by atomic mass is 10.1. The first-order valence-electron chi connectivity index (χ1n) is 8.68. The second-order valence-corrected chi connectivity index (χ2v) is 8.09. The highest BCUT2D eigenvalue weighted by molar-refractivity contribution is 7.92. The second kappa shape index (κ2) is 7.14. The molecule has 1 aliphatic rings.